The van der Waals surface area contributed by atoms with Gasteiger partial charge < -0.3 is 4.52 Å². The number of hydrogen-bond acceptors (Lipinski definition) is 3. The minimum absolute atomic E-state index is 0.135. The van der Waals surface area contributed by atoms with Crippen molar-refractivity contribution in [1.82, 2.24) is 5.16 Å². The van der Waals surface area contributed by atoms with Crippen molar-refractivity contribution >= 4 is 5.78 Å². The Balaban J connectivity index is 2.53. The van der Waals surface area contributed by atoms with Gasteiger partial charge >= 0.3 is 0 Å². The summed E-state index contributed by atoms with van der Waals surface area (Å²) >= 11 is 0. The number of aryl methyl sites for hydroxylation is 2. The number of carbonyl (C=O) groups excluding carboxylic acids is 1. The molecule has 64 valence electrons. The third kappa shape index (κ3) is 0.891. The van der Waals surface area contributed by atoms with Gasteiger partial charge in [0.15, 0.2) is 5.78 Å². The first-order chi connectivity index (χ1) is 5.70. The second-order valence-corrected chi connectivity index (χ2v) is 3.36. The largest absolute Gasteiger partial charge is 0.361 e. The Labute approximate surface area is 70.7 Å². The number of aromatic nitrogens is 1. The number of Topliss-reactive ketones (excluding diaryl/α,β-unsaturated/α-hetero) is 1. The third-order valence-electron chi connectivity index (χ3n) is 2.44. The van der Waals surface area contributed by atoms with E-state index >= 15 is 0 Å². The number of nitrogens with zero attached hydrogens (tertiary/aromatic N) is 1. The van der Waals surface area contributed by atoms with E-state index in [1.807, 2.05) is 6.92 Å². The molecular formula is C9H11NO2. The maximum atomic E-state index is 11.6. The molecule has 2 rings (SSSR count). The van der Waals surface area contributed by atoms with Gasteiger partial charge in [-0.05, 0) is 19.8 Å². The molecule has 0 saturated carbocycles. The van der Waals surface area contributed by atoms with Crippen LogP contribution in [-0.2, 0) is 6.42 Å². The number of carbonyl (C=O) groups is 1. The molecule has 3 nitrogen and oxygen atoms in total. The van der Waals surface area contributed by atoms with Crippen molar-refractivity contribution in [3.63, 3.8) is 0 Å². The van der Waals surface area contributed by atoms with Crippen molar-refractivity contribution in [3.8, 4) is 0 Å². The molecule has 0 amide bonds. The molecule has 1 aromatic rings. The normalized spacial score (nSPS) is 22.5. The summed E-state index contributed by atoms with van der Waals surface area (Å²) in [5, 5.41) is 3.85. The van der Waals surface area contributed by atoms with Crippen LogP contribution in [-0.4, -0.2) is 10.9 Å². The fourth-order valence-electron chi connectivity index (χ4n) is 1.64. The molecular weight excluding hydrogens is 154 g/mol. The van der Waals surface area contributed by atoms with E-state index in [0.29, 0.717) is 5.76 Å². The summed E-state index contributed by atoms with van der Waals surface area (Å²) in [4.78, 5) is 11.6. The molecule has 0 aromatic carbocycles. The zero-order chi connectivity index (χ0) is 8.72. The topological polar surface area (TPSA) is 43.1 Å². The second-order valence-electron chi connectivity index (χ2n) is 3.36. The van der Waals surface area contributed by atoms with Crippen LogP contribution in [0, 0.1) is 12.8 Å². The quantitative estimate of drug-likeness (QED) is 0.588. The van der Waals surface area contributed by atoms with Gasteiger partial charge in [-0.25, -0.2) is 0 Å². The summed E-state index contributed by atoms with van der Waals surface area (Å²) in [5.41, 5.74) is 1.57. The number of rotatable bonds is 0. The molecule has 0 N–H and O–H groups in total. The molecule has 1 aliphatic rings. The fourth-order valence-corrected chi connectivity index (χ4v) is 1.64. The van der Waals surface area contributed by atoms with E-state index in [0.717, 1.165) is 24.1 Å². The predicted molar refractivity (Wildman–Crippen MR) is 43.1 cm³/mol. The van der Waals surface area contributed by atoms with Gasteiger partial charge in [-0.1, -0.05) is 12.1 Å². The summed E-state index contributed by atoms with van der Waals surface area (Å²) in [6, 6.07) is 0. The van der Waals surface area contributed by atoms with E-state index in [1.165, 1.54) is 0 Å². The highest BCUT2D eigenvalue weighted by molar-refractivity contribution is 6.00. The minimum Gasteiger partial charge on any atom is -0.361 e. The van der Waals surface area contributed by atoms with E-state index in [4.69, 9.17) is 4.52 Å². The standard InChI is InChI=1S/C9H11NO2/c1-5-3-4-7-8(9(5)11)6(2)12-10-7/h5H,3-4H2,1-2H3. The zero-order valence-electron chi connectivity index (χ0n) is 7.26. The summed E-state index contributed by atoms with van der Waals surface area (Å²) in [5.74, 6) is 0.993. The van der Waals surface area contributed by atoms with Gasteiger partial charge in [-0.15, -0.1) is 0 Å². The SMILES string of the molecule is Cc1onc2c1C(=O)C(C)CC2. The molecule has 0 saturated heterocycles. The average Bonchev–Trinajstić information content (AvgIpc) is 2.41. The molecule has 1 unspecified atom stereocenters. The highest BCUT2D eigenvalue weighted by atomic mass is 16.5. The Bertz CT molecular complexity index is 327. The number of fused-ring (bicyclic) bond motifs is 1. The third-order valence-corrected chi connectivity index (χ3v) is 2.44. The molecule has 12 heavy (non-hydrogen) atoms. The first-order valence-corrected chi connectivity index (χ1v) is 4.19. The van der Waals surface area contributed by atoms with Crippen LogP contribution >= 0.6 is 0 Å². The predicted octanol–water partition coefficient (Wildman–Crippen LogP) is 1.75. The van der Waals surface area contributed by atoms with Crippen molar-refractivity contribution in [1.29, 1.82) is 0 Å². The molecule has 1 aromatic heterocycles. The molecule has 1 aliphatic carbocycles. The lowest BCUT2D eigenvalue weighted by molar-refractivity contribution is 0.0912. The monoisotopic (exact) mass is 165 g/mol. The molecule has 0 aliphatic heterocycles. The van der Waals surface area contributed by atoms with E-state index < -0.39 is 0 Å². The average molecular weight is 165 g/mol. The van der Waals surface area contributed by atoms with E-state index in [1.54, 1.807) is 6.92 Å². The first-order valence-electron chi connectivity index (χ1n) is 4.19. The number of ketones is 1. The molecule has 3 heteroatoms. The zero-order valence-corrected chi connectivity index (χ0v) is 7.26. The van der Waals surface area contributed by atoms with Gasteiger partial charge in [-0.2, -0.15) is 0 Å². The van der Waals surface area contributed by atoms with Crippen LogP contribution in [0.3, 0.4) is 0 Å². The Morgan fingerprint density at radius 3 is 3.08 bits per heavy atom. The summed E-state index contributed by atoms with van der Waals surface area (Å²) in [6.45, 7) is 3.75. The molecule has 0 fully saturated rings. The van der Waals surface area contributed by atoms with Crippen LogP contribution < -0.4 is 0 Å². The fraction of sp³-hybridized carbons (Fsp3) is 0.556. The van der Waals surface area contributed by atoms with Gasteiger partial charge in [0.2, 0.25) is 0 Å². The van der Waals surface area contributed by atoms with Crippen LogP contribution in [0.4, 0.5) is 0 Å². The van der Waals surface area contributed by atoms with Crippen LogP contribution in [0.1, 0.15) is 35.2 Å². The van der Waals surface area contributed by atoms with Crippen LogP contribution in [0.2, 0.25) is 0 Å². The maximum Gasteiger partial charge on any atom is 0.171 e. The van der Waals surface area contributed by atoms with E-state index in [-0.39, 0.29) is 11.7 Å². The smallest absolute Gasteiger partial charge is 0.171 e. The van der Waals surface area contributed by atoms with Gasteiger partial charge in [0.05, 0.1) is 11.3 Å². The first kappa shape index (κ1) is 7.53. The van der Waals surface area contributed by atoms with Crippen molar-refractivity contribution < 1.29 is 9.32 Å². The molecule has 0 bridgehead atoms. The van der Waals surface area contributed by atoms with Crippen molar-refractivity contribution in [2.24, 2.45) is 5.92 Å². The van der Waals surface area contributed by atoms with E-state index in [2.05, 4.69) is 5.16 Å². The summed E-state index contributed by atoms with van der Waals surface area (Å²) in [7, 11) is 0. The van der Waals surface area contributed by atoms with Crippen molar-refractivity contribution in [2.45, 2.75) is 26.7 Å². The van der Waals surface area contributed by atoms with Gasteiger partial charge in [0.1, 0.15) is 5.76 Å². The summed E-state index contributed by atoms with van der Waals surface area (Å²) in [6.07, 6.45) is 1.78. The Kier molecular flexibility index (Phi) is 1.53. The van der Waals surface area contributed by atoms with Crippen molar-refractivity contribution in [2.75, 3.05) is 0 Å². The van der Waals surface area contributed by atoms with Crippen molar-refractivity contribution in [3.05, 3.63) is 17.0 Å². The van der Waals surface area contributed by atoms with Crippen LogP contribution in [0.15, 0.2) is 4.52 Å². The Hall–Kier alpha value is -1.12. The van der Waals surface area contributed by atoms with Crippen LogP contribution in [0.25, 0.3) is 0 Å². The second kappa shape index (κ2) is 2.44. The van der Waals surface area contributed by atoms with Gasteiger partial charge in [0, 0.05) is 5.92 Å². The van der Waals surface area contributed by atoms with E-state index in [9.17, 15) is 4.79 Å². The van der Waals surface area contributed by atoms with Gasteiger partial charge in [-0.3, -0.25) is 4.79 Å². The minimum atomic E-state index is 0.135. The van der Waals surface area contributed by atoms with Gasteiger partial charge in [0.25, 0.3) is 0 Å². The summed E-state index contributed by atoms with van der Waals surface area (Å²) < 4.78 is 4.97. The molecule has 0 radical (unpaired) electrons. The molecule has 1 atom stereocenters. The Morgan fingerprint density at radius 2 is 2.33 bits per heavy atom. The maximum absolute atomic E-state index is 11.6. The highest BCUT2D eigenvalue weighted by Crippen LogP contribution is 2.26. The lowest BCUT2D eigenvalue weighted by Gasteiger charge is -2.14. The molecule has 1 heterocycles. The lowest BCUT2D eigenvalue weighted by atomic mass is 9.87. The highest BCUT2D eigenvalue weighted by Gasteiger charge is 2.29. The van der Waals surface area contributed by atoms with Crippen LogP contribution in [0.5, 0.6) is 0 Å². The Morgan fingerprint density at radius 1 is 1.58 bits per heavy atom. The lowest BCUT2D eigenvalue weighted by Crippen LogP contribution is -2.19. The number of hydrogen-bond donors (Lipinski definition) is 0. The molecule has 0 spiro atoms.